The van der Waals surface area contributed by atoms with E-state index in [-0.39, 0.29) is 5.91 Å². The lowest BCUT2D eigenvalue weighted by molar-refractivity contribution is 0.0918. The molecule has 2 aromatic heterocycles. The van der Waals surface area contributed by atoms with E-state index >= 15 is 0 Å². The minimum absolute atomic E-state index is 0.0365. The molecule has 22 heavy (non-hydrogen) atoms. The number of aryl methyl sites for hydroxylation is 4. The number of hydrogen-bond donors (Lipinski definition) is 1. The van der Waals surface area contributed by atoms with Gasteiger partial charge in [0, 0.05) is 18.3 Å². The molecule has 0 unspecified atom stereocenters. The lowest BCUT2D eigenvalue weighted by Gasteiger charge is -1.94. The van der Waals surface area contributed by atoms with Gasteiger partial charge in [-0.3, -0.25) is 9.89 Å². The first kappa shape index (κ1) is 20.1. The van der Waals surface area contributed by atoms with Gasteiger partial charge in [0.15, 0.2) is 0 Å². The van der Waals surface area contributed by atoms with Crippen LogP contribution in [0.3, 0.4) is 0 Å². The van der Waals surface area contributed by atoms with Gasteiger partial charge in [-0.05, 0) is 39.8 Å². The van der Waals surface area contributed by atoms with Crippen molar-refractivity contribution in [2.24, 2.45) is 0 Å². The average Bonchev–Trinajstić information content (AvgIpc) is 3.24. The molecule has 0 aromatic carbocycles. The molecule has 0 atom stereocenters. The fraction of sp³-hybridized carbons (Fsp3) is 0.588. The summed E-state index contributed by atoms with van der Waals surface area (Å²) in [6.07, 6.45) is 4.50. The fourth-order valence-electron chi connectivity index (χ4n) is 1.50. The smallest absolute Gasteiger partial charge is 0.243 e. The molecular weight excluding hydrogens is 276 g/mol. The van der Waals surface area contributed by atoms with Gasteiger partial charge in [-0.1, -0.05) is 33.1 Å². The Bertz CT molecular complexity index is 534. The Morgan fingerprint density at radius 2 is 1.59 bits per heavy atom. The average molecular weight is 306 g/mol. The van der Waals surface area contributed by atoms with E-state index in [4.69, 9.17) is 0 Å². The highest BCUT2D eigenvalue weighted by Gasteiger charge is 2.02. The normalized spacial score (nSPS) is 11.0. The zero-order valence-corrected chi connectivity index (χ0v) is 15.0. The van der Waals surface area contributed by atoms with Gasteiger partial charge in [-0.25, -0.2) is 4.68 Å². The molecule has 5 heteroatoms. The van der Waals surface area contributed by atoms with Crippen molar-refractivity contribution in [3.05, 3.63) is 34.9 Å². The number of nitrogens with one attached hydrogen (secondary N) is 1. The number of rotatable bonds is 0. The molecule has 1 aliphatic rings. The third-order valence-corrected chi connectivity index (χ3v) is 2.50. The predicted molar refractivity (Wildman–Crippen MR) is 91.3 cm³/mol. The Hall–Kier alpha value is -1.91. The molecule has 2 heterocycles. The fourth-order valence-corrected chi connectivity index (χ4v) is 1.50. The summed E-state index contributed by atoms with van der Waals surface area (Å²) in [7, 11) is 0. The van der Waals surface area contributed by atoms with Crippen LogP contribution in [0.25, 0.3) is 0 Å². The maximum atomic E-state index is 10.8. The van der Waals surface area contributed by atoms with Gasteiger partial charge in [0.2, 0.25) is 5.91 Å². The maximum Gasteiger partial charge on any atom is 0.243 e. The second-order valence-electron chi connectivity index (χ2n) is 5.11. The van der Waals surface area contributed by atoms with Crippen LogP contribution in [0.2, 0.25) is 0 Å². The monoisotopic (exact) mass is 306 g/mol. The van der Waals surface area contributed by atoms with Crippen molar-refractivity contribution in [2.75, 3.05) is 0 Å². The van der Waals surface area contributed by atoms with E-state index in [0.29, 0.717) is 0 Å². The topological polar surface area (TPSA) is 63.6 Å². The molecule has 124 valence electrons. The van der Waals surface area contributed by atoms with Crippen molar-refractivity contribution in [3.63, 3.8) is 0 Å². The number of H-pyrrole nitrogens is 1. The number of carbonyl (C=O) groups is 1. The highest BCUT2D eigenvalue weighted by molar-refractivity contribution is 5.75. The summed E-state index contributed by atoms with van der Waals surface area (Å²) in [5, 5.41) is 10.7. The quantitative estimate of drug-likeness (QED) is 0.785. The summed E-state index contributed by atoms with van der Waals surface area (Å²) >= 11 is 0. The molecule has 2 aromatic rings. The SMILES string of the molecule is C1CC1.CC.CC(=O)n1nc(C)cc1C.Cc1cc(C)[nH]n1. The summed E-state index contributed by atoms with van der Waals surface area (Å²) in [6.45, 7) is 13.2. The molecule has 1 N–H and O–H groups in total. The summed E-state index contributed by atoms with van der Waals surface area (Å²) in [4.78, 5) is 10.8. The van der Waals surface area contributed by atoms with Crippen LogP contribution in [0.1, 0.15) is 67.6 Å². The Morgan fingerprint density at radius 3 is 1.73 bits per heavy atom. The van der Waals surface area contributed by atoms with Crippen molar-refractivity contribution in [2.45, 2.75) is 67.7 Å². The number of hydrogen-bond acceptors (Lipinski definition) is 3. The molecule has 5 nitrogen and oxygen atoms in total. The van der Waals surface area contributed by atoms with Crippen LogP contribution in [0.5, 0.6) is 0 Å². The molecular formula is C17H30N4O. The van der Waals surface area contributed by atoms with Crippen LogP contribution in [-0.2, 0) is 0 Å². The van der Waals surface area contributed by atoms with E-state index in [1.54, 1.807) is 0 Å². The number of aromatic nitrogens is 4. The van der Waals surface area contributed by atoms with Gasteiger partial charge in [0.1, 0.15) is 0 Å². The largest absolute Gasteiger partial charge is 0.283 e. The standard InChI is InChI=1S/C7H10N2O.C5H8N2.C3H6.C2H6/c1-5-4-6(2)9(8-5)7(3)10;1-4-3-5(2)7-6-4;1-2-3-1;1-2/h4H,1-3H3;3H,1-2H3,(H,6,7);1-3H2;1-2H3. The molecule has 1 aliphatic carbocycles. The zero-order chi connectivity index (χ0) is 17.1. The molecule has 3 rings (SSSR count). The van der Waals surface area contributed by atoms with Crippen molar-refractivity contribution < 1.29 is 4.79 Å². The molecule has 0 spiro atoms. The van der Waals surface area contributed by atoms with Crippen molar-refractivity contribution in [1.82, 2.24) is 20.0 Å². The van der Waals surface area contributed by atoms with Crippen LogP contribution in [0, 0.1) is 27.7 Å². The zero-order valence-electron chi connectivity index (χ0n) is 15.0. The third kappa shape index (κ3) is 9.10. The van der Waals surface area contributed by atoms with E-state index < -0.39 is 0 Å². The highest BCUT2D eigenvalue weighted by Crippen LogP contribution is 2.14. The van der Waals surface area contributed by atoms with Crippen LogP contribution >= 0.6 is 0 Å². The maximum absolute atomic E-state index is 10.8. The Morgan fingerprint density at radius 1 is 1.05 bits per heavy atom. The van der Waals surface area contributed by atoms with Gasteiger partial charge in [-0.2, -0.15) is 10.2 Å². The number of nitrogens with zero attached hydrogens (tertiary/aromatic N) is 3. The minimum Gasteiger partial charge on any atom is -0.283 e. The number of aromatic amines is 1. The first-order valence-corrected chi connectivity index (χ1v) is 7.93. The van der Waals surface area contributed by atoms with Crippen LogP contribution < -0.4 is 0 Å². The summed E-state index contributed by atoms with van der Waals surface area (Å²) in [6, 6.07) is 3.88. The first-order valence-electron chi connectivity index (χ1n) is 7.93. The highest BCUT2D eigenvalue weighted by atomic mass is 16.2. The minimum atomic E-state index is -0.0365. The second kappa shape index (κ2) is 10.8. The van der Waals surface area contributed by atoms with Gasteiger partial charge in [-0.15, -0.1) is 0 Å². The molecule has 0 saturated heterocycles. The Labute approximate surface area is 134 Å². The van der Waals surface area contributed by atoms with E-state index in [2.05, 4.69) is 15.3 Å². The summed E-state index contributed by atoms with van der Waals surface area (Å²) in [5.41, 5.74) is 3.95. The Kier molecular flexibility index (Phi) is 9.83. The predicted octanol–water partition coefficient (Wildman–Crippen LogP) is 4.38. The Balaban J connectivity index is 0.000000317. The first-order chi connectivity index (χ1) is 10.4. The van der Waals surface area contributed by atoms with Gasteiger partial charge in [0.05, 0.1) is 11.4 Å². The number of carbonyl (C=O) groups excluding carboxylic acids is 1. The van der Waals surface area contributed by atoms with Gasteiger partial charge in [0.25, 0.3) is 0 Å². The van der Waals surface area contributed by atoms with Gasteiger partial charge >= 0.3 is 0 Å². The van der Waals surface area contributed by atoms with Crippen LogP contribution in [0.15, 0.2) is 12.1 Å². The van der Waals surface area contributed by atoms with Crippen LogP contribution in [-0.4, -0.2) is 25.9 Å². The van der Waals surface area contributed by atoms with Crippen molar-refractivity contribution in [1.29, 1.82) is 0 Å². The lowest BCUT2D eigenvalue weighted by Crippen LogP contribution is -2.08. The van der Waals surface area contributed by atoms with Crippen molar-refractivity contribution in [3.8, 4) is 0 Å². The summed E-state index contributed by atoms with van der Waals surface area (Å²) in [5.74, 6) is -0.0365. The molecule has 1 fully saturated rings. The lowest BCUT2D eigenvalue weighted by atomic mass is 10.4. The van der Waals surface area contributed by atoms with E-state index in [1.165, 1.54) is 30.9 Å². The molecule has 0 aliphatic heterocycles. The molecule has 0 bridgehead atoms. The van der Waals surface area contributed by atoms with Crippen LogP contribution in [0.4, 0.5) is 0 Å². The van der Waals surface area contributed by atoms with E-state index in [0.717, 1.165) is 22.8 Å². The van der Waals surface area contributed by atoms with Crippen molar-refractivity contribution >= 4 is 5.91 Å². The van der Waals surface area contributed by atoms with Gasteiger partial charge < -0.3 is 0 Å². The second-order valence-corrected chi connectivity index (χ2v) is 5.11. The molecule has 1 saturated carbocycles. The molecule has 0 amide bonds. The third-order valence-electron chi connectivity index (χ3n) is 2.50. The van der Waals surface area contributed by atoms with E-state index in [9.17, 15) is 4.79 Å². The molecule has 0 radical (unpaired) electrons. The summed E-state index contributed by atoms with van der Waals surface area (Å²) < 4.78 is 1.40. The van der Waals surface area contributed by atoms with E-state index in [1.807, 2.05) is 53.7 Å².